The number of rotatable bonds is 3. The zero-order valence-corrected chi connectivity index (χ0v) is 10.6. The lowest BCUT2D eigenvalue weighted by atomic mass is 9.85. The van der Waals surface area contributed by atoms with Gasteiger partial charge < -0.3 is 10.6 Å². The van der Waals surface area contributed by atoms with Gasteiger partial charge in [0.25, 0.3) is 0 Å². The van der Waals surface area contributed by atoms with Gasteiger partial charge in [0.15, 0.2) is 0 Å². The first-order valence-electron chi connectivity index (χ1n) is 5.54. The molecule has 1 saturated heterocycles. The number of nitrogens with two attached hydrogens (primary N) is 1. The third kappa shape index (κ3) is 2.14. The Morgan fingerprint density at radius 3 is 2.60 bits per heavy atom. The number of carbonyl (C=O) groups is 1. The van der Waals surface area contributed by atoms with Gasteiger partial charge in [-0.2, -0.15) is 0 Å². The number of thiocarbonyl (C=S) groups is 1. The molecule has 86 valence electrons. The minimum atomic E-state index is -0.659. The van der Waals surface area contributed by atoms with E-state index in [9.17, 15) is 4.79 Å². The second-order valence-corrected chi connectivity index (χ2v) is 4.98. The molecule has 0 radical (unpaired) electrons. The SMILES string of the molecule is CCC(C)(C(=O)N1CCCC1C)C(N)=S. The molecule has 0 bridgehead atoms. The van der Waals surface area contributed by atoms with E-state index in [2.05, 4.69) is 6.92 Å². The molecule has 1 amide bonds. The highest BCUT2D eigenvalue weighted by molar-refractivity contribution is 7.80. The molecular formula is C11H20N2OS. The highest BCUT2D eigenvalue weighted by Gasteiger charge is 2.40. The van der Waals surface area contributed by atoms with Crippen LogP contribution in [0.4, 0.5) is 0 Å². The van der Waals surface area contributed by atoms with Gasteiger partial charge in [0.1, 0.15) is 0 Å². The molecule has 0 spiro atoms. The van der Waals surface area contributed by atoms with Gasteiger partial charge in [-0.05, 0) is 33.1 Å². The largest absolute Gasteiger partial charge is 0.392 e. The number of likely N-dealkylation sites (tertiary alicyclic amines) is 1. The Balaban J connectivity index is 2.86. The maximum atomic E-state index is 12.3. The van der Waals surface area contributed by atoms with Gasteiger partial charge >= 0.3 is 0 Å². The molecule has 0 aromatic carbocycles. The Hall–Kier alpha value is -0.640. The van der Waals surface area contributed by atoms with E-state index >= 15 is 0 Å². The maximum absolute atomic E-state index is 12.3. The topological polar surface area (TPSA) is 46.3 Å². The molecule has 1 fully saturated rings. The average molecular weight is 228 g/mol. The van der Waals surface area contributed by atoms with Crippen LogP contribution in [0.2, 0.25) is 0 Å². The first-order chi connectivity index (χ1) is 6.93. The Bertz CT molecular complexity index is 280. The van der Waals surface area contributed by atoms with Crippen LogP contribution >= 0.6 is 12.2 Å². The Labute approximate surface area is 97.0 Å². The standard InChI is InChI=1S/C11H20N2OS/c1-4-11(3,9(12)15)10(14)13-7-5-6-8(13)2/h8H,4-7H2,1-3H3,(H2,12,15). The number of hydrogen-bond donors (Lipinski definition) is 1. The van der Waals surface area contributed by atoms with Crippen LogP contribution in [0.1, 0.15) is 40.0 Å². The number of hydrogen-bond acceptors (Lipinski definition) is 2. The van der Waals surface area contributed by atoms with Crippen molar-refractivity contribution >= 4 is 23.1 Å². The van der Waals surface area contributed by atoms with E-state index in [1.54, 1.807) is 0 Å². The van der Waals surface area contributed by atoms with Crippen LogP contribution in [-0.4, -0.2) is 28.4 Å². The fourth-order valence-corrected chi connectivity index (χ4v) is 2.21. The predicted octanol–water partition coefficient (Wildman–Crippen LogP) is 1.70. The van der Waals surface area contributed by atoms with Gasteiger partial charge in [-0.25, -0.2) is 0 Å². The first kappa shape index (κ1) is 12.4. The highest BCUT2D eigenvalue weighted by atomic mass is 32.1. The summed E-state index contributed by atoms with van der Waals surface area (Å²) in [7, 11) is 0. The van der Waals surface area contributed by atoms with Crippen molar-refractivity contribution < 1.29 is 4.79 Å². The summed E-state index contributed by atoms with van der Waals surface area (Å²) >= 11 is 5.01. The molecule has 4 heteroatoms. The Morgan fingerprint density at radius 1 is 1.67 bits per heavy atom. The van der Waals surface area contributed by atoms with Gasteiger partial charge in [-0.1, -0.05) is 19.1 Å². The van der Waals surface area contributed by atoms with E-state index < -0.39 is 5.41 Å². The third-order valence-electron chi connectivity index (χ3n) is 3.54. The molecule has 1 rings (SSSR count). The normalized spacial score (nSPS) is 25.0. The first-order valence-corrected chi connectivity index (χ1v) is 5.95. The van der Waals surface area contributed by atoms with Gasteiger partial charge in [-0.15, -0.1) is 0 Å². The van der Waals surface area contributed by atoms with Crippen molar-refractivity contribution in [3.8, 4) is 0 Å². The van der Waals surface area contributed by atoms with Crippen LogP contribution in [0, 0.1) is 5.41 Å². The van der Waals surface area contributed by atoms with E-state index in [-0.39, 0.29) is 5.91 Å². The summed E-state index contributed by atoms with van der Waals surface area (Å²) in [4.78, 5) is 14.5. The number of nitrogens with zero attached hydrogens (tertiary/aromatic N) is 1. The highest BCUT2D eigenvalue weighted by Crippen LogP contribution is 2.29. The summed E-state index contributed by atoms with van der Waals surface area (Å²) in [5.41, 5.74) is 5.02. The predicted molar refractivity (Wildman–Crippen MR) is 65.6 cm³/mol. The van der Waals surface area contributed by atoms with E-state index in [4.69, 9.17) is 18.0 Å². The molecular weight excluding hydrogens is 208 g/mol. The summed E-state index contributed by atoms with van der Waals surface area (Å²) in [5.74, 6) is 0.0995. The second kappa shape index (κ2) is 4.47. The minimum absolute atomic E-state index is 0.0995. The molecule has 2 unspecified atom stereocenters. The lowest BCUT2D eigenvalue weighted by Gasteiger charge is -2.33. The van der Waals surface area contributed by atoms with Crippen LogP contribution < -0.4 is 5.73 Å². The van der Waals surface area contributed by atoms with Crippen molar-refractivity contribution in [3.05, 3.63) is 0 Å². The van der Waals surface area contributed by atoms with Crippen molar-refractivity contribution in [2.24, 2.45) is 11.1 Å². The number of carbonyl (C=O) groups excluding carboxylic acids is 1. The molecule has 1 heterocycles. The van der Waals surface area contributed by atoms with Crippen molar-refractivity contribution in [2.45, 2.75) is 46.1 Å². The molecule has 1 aliphatic rings. The van der Waals surface area contributed by atoms with Crippen molar-refractivity contribution in [3.63, 3.8) is 0 Å². The van der Waals surface area contributed by atoms with Crippen LogP contribution in [0.25, 0.3) is 0 Å². The second-order valence-electron chi connectivity index (χ2n) is 4.54. The molecule has 0 saturated carbocycles. The summed E-state index contributed by atoms with van der Waals surface area (Å²) in [6.45, 7) is 6.74. The monoisotopic (exact) mass is 228 g/mol. The lowest BCUT2D eigenvalue weighted by Crippen LogP contribution is -2.49. The van der Waals surface area contributed by atoms with Crippen LogP contribution in [0.5, 0.6) is 0 Å². The van der Waals surface area contributed by atoms with Gasteiger partial charge in [0, 0.05) is 12.6 Å². The van der Waals surface area contributed by atoms with E-state index in [0.29, 0.717) is 17.5 Å². The van der Waals surface area contributed by atoms with Gasteiger partial charge in [-0.3, -0.25) is 4.79 Å². The van der Waals surface area contributed by atoms with Gasteiger partial charge in [0.05, 0.1) is 10.4 Å². The zero-order chi connectivity index (χ0) is 11.6. The molecule has 2 atom stereocenters. The van der Waals surface area contributed by atoms with Crippen LogP contribution in [0.15, 0.2) is 0 Å². The van der Waals surface area contributed by atoms with Gasteiger partial charge in [0.2, 0.25) is 5.91 Å². The minimum Gasteiger partial charge on any atom is -0.392 e. The number of amides is 1. The fourth-order valence-electron chi connectivity index (χ4n) is 1.98. The average Bonchev–Trinajstić information content (AvgIpc) is 2.61. The third-order valence-corrected chi connectivity index (χ3v) is 3.99. The molecule has 2 N–H and O–H groups in total. The van der Waals surface area contributed by atoms with E-state index in [1.165, 1.54) is 0 Å². The fraction of sp³-hybridized carbons (Fsp3) is 0.818. The van der Waals surface area contributed by atoms with Crippen molar-refractivity contribution in [1.29, 1.82) is 0 Å². The summed E-state index contributed by atoms with van der Waals surface area (Å²) in [6.07, 6.45) is 2.84. The van der Waals surface area contributed by atoms with Crippen LogP contribution in [-0.2, 0) is 4.79 Å². The smallest absolute Gasteiger partial charge is 0.235 e. The van der Waals surface area contributed by atoms with E-state index in [0.717, 1.165) is 19.4 Å². The molecule has 15 heavy (non-hydrogen) atoms. The summed E-state index contributed by atoms with van der Waals surface area (Å²) in [5, 5.41) is 0. The Kier molecular flexibility index (Phi) is 3.71. The molecule has 0 aromatic heterocycles. The van der Waals surface area contributed by atoms with E-state index in [1.807, 2.05) is 18.7 Å². The summed E-state index contributed by atoms with van der Waals surface area (Å²) < 4.78 is 0. The quantitative estimate of drug-likeness (QED) is 0.748. The van der Waals surface area contributed by atoms with Crippen LogP contribution in [0.3, 0.4) is 0 Å². The molecule has 1 aliphatic heterocycles. The summed E-state index contributed by atoms with van der Waals surface area (Å²) in [6, 6.07) is 0.331. The maximum Gasteiger partial charge on any atom is 0.235 e. The Morgan fingerprint density at radius 2 is 2.27 bits per heavy atom. The van der Waals surface area contributed by atoms with Crippen molar-refractivity contribution in [1.82, 2.24) is 4.90 Å². The molecule has 3 nitrogen and oxygen atoms in total. The molecule has 0 aliphatic carbocycles. The lowest BCUT2D eigenvalue weighted by molar-refractivity contribution is -0.138. The molecule has 0 aromatic rings. The van der Waals surface area contributed by atoms with Crippen molar-refractivity contribution in [2.75, 3.05) is 6.54 Å². The zero-order valence-electron chi connectivity index (χ0n) is 9.75.